The number of esters is 1. The zero-order valence-electron chi connectivity index (χ0n) is 15.1. The van der Waals surface area contributed by atoms with Gasteiger partial charge in [-0.1, -0.05) is 47.8 Å². The Kier molecular flexibility index (Phi) is 7.00. The summed E-state index contributed by atoms with van der Waals surface area (Å²) in [7, 11) is 1.35. The number of methoxy groups -OCH3 is 1. The molecule has 0 aliphatic carbocycles. The summed E-state index contributed by atoms with van der Waals surface area (Å²) in [5.74, 6) is 0.214. The van der Waals surface area contributed by atoms with Gasteiger partial charge in [-0.25, -0.2) is 4.79 Å². The molecule has 2 atom stereocenters. The van der Waals surface area contributed by atoms with Gasteiger partial charge in [0.05, 0.1) is 23.3 Å². The maximum atomic E-state index is 11.9. The summed E-state index contributed by atoms with van der Waals surface area (Å²) >= 11 is 12.3. The van der Waals surface area contributed by atoms with Crippen molar-refractivity contribution in [3.8, 4) is 5.75 Å². The smallest absolute Gasteiger partial charge is 0.341 e. The molecule has 144 valence electrons. The topological polar surface area (TPSA) is 44.8 Å². The van der Waals surface area contributed by atoms with E-state index >= 15 is 0 Å². The highest BCUT2D eigenvalue weighted by Crippen LogP contribution is 2.34. The lowest BCUT2D eigenvalue weighted by Crippen LogP contribution is -2.28. The first-order chi connectivity index (χ1) is 13.1. The number of hydrogen-bond acceptors (Lipinski definition) is 4. The molecule has 1 aliphatic heterocycles. The molecule has 4 nitrogen and oxygen atoms in total. The molecule has 1 saturated heterocycles. The van der Waals surface area contributed by atoms with Gasteiger partial charge in [-0.3, -0.25) is 0 Å². The molecular weight excluding hydrogens is 387 g/mol. The molecule has 1 aliphatic rings. The standard InChI is InChI=1S/C21H22Cl2O4/c1-25-21(24)16-7-2-3-8-19(16)27-13-20-15(6-4-5-11-26-20)14-9-10-17(22)18(23)12-14/h2-3,7-10,12,15,20H,4-6,11,13H2,1H3/t15?,20-/m0/s1. The van der Waals surface area contributed by atoms with Crippen LogP contribution < -0.4 is 4.74 Å². The number of rotatable bonds is 5. The molecule has 0 amide bonds. The van der Waals surface area contributed by atoms with Crippen LogP contribution in [0.4, 0.5) is 0 Å². The molecule has 0 spiro atoms. The van der Waals surface area contributed by atoms with Crippen LogP contribution in [0.1, 0.15) is 41.1 Å². The fourth-order valence-electron chi connectivity index (χ4n) is 3.33. The lowest BCUT2D eigenvalue weighted by atomic mass is 9.89. The van der Waals surface area contributed by atoms with E-state index in [4.69, 9.17) is 37.4 Å². The van der Waals surface area contributed by atoms with Crippen molar-refractivity contribution in [1.82, 2.24) is 0 Å². The summed E-state index contributed by atoms with van der Waals surface area (Å²) in [6, 6.07) is 12.8. The second kappa shape index (κ2) is 9.45. The molecule has 3 rings (SSSR count). The van der Waals surface area contributed by atoms with E-state index in [0.29, 0.717) is 34.6 Å². The maximum Gasteiger partial charge on any atom is 0.341 e. The van der Waals surface area contributed by atoms with Crippen LogP contribution >= 0.6 is 23.2 Å². The van der Waals surface area contributed by atoms with Gasteiger partial charge in [-0.05, 0) is 42.7 Å². The zero-order valence-corrected chi connectivity index (χ0v) is 16.6. The quantitative estimate of drug-likeness (QED) is 0.611. The van der Waals surface area contributed by atoms with E-state index in [2.05, 4.69) is 0 Å². The minimum absolute atomic E-state index is 0.143. The molecule has 0 N–H and O–H groups in total. The molecule has 0 radical (unpaired) electrons. The Balaban J connectivity index is 1.79. The van der Waals surface area contributed by atoms with Gasteiger partial charge in [-0.2, -0.15) is 0 Å². The molecule has 0 bridgehead atoms. The molecule has 27 heavy (non-hydrogen) atoms. The highest BCUT2D eigenvalue weighted by Gasteiger charge is 2.28. The van der Waals surface area contributed by atoms with Crippen LogP contribution in [0.2, 0.25) is 10.0 Å². The van der Waals surface area contributed by atoms with Crippen molar-refractivity contribution >= 4 is 29.2 Å². The maximum absolute atomic E-state index is 11.9. The van der Waals surface area contributed by atoms with Crippen molar-refractivity contribution in [2.24, 2.45) is 0 Å². The molecule has 2 aromatic carbocycles. The second-order valence-electron chi connectivity index (χ2n) is 6.48. The summed E-state index contributed by atoms with van der Waals surface area (Å²) in [4.78, 5) is 11.9. The molecule has 2 aromatic rings. The molecule has 1 heterocycles. The highest BCUT2D eigenvalue weighted by atomic mass is 35.5. The van der Waals surface area contributed by atoms with E-state index in [1.54, 1.807) is 18.2 Å². The minimum Gasteiger partial charge on any atom is -0.490 e. The average molecular weight is 409 g/mol. The van der Waals surface area contributed by atoms with Gasteiger partial charge in [0.2, 0.25) is 0 Å². The number of para-hydroxylation sites is 1. The number of hydrogen-bond donors (Lipinski definition) is 0. The van der Waals surface area contributed by atoms with E-state index in [1.807, 2.05) is 24.3 Å². The van der Waals surface area contributed by atoms with Crippen molar-refractivity contribution in [1.29, 1.82) is 0 Å². The van der Waals surface area contributed by atoms with E-state index < -0.39 is 5.97 Å². The Labute approximate surface area is 169 Å². The fraction of sp³-hybridized carbons (Fsp3) is 0.381. The van der Waals surface area contributed by atoms with Gasteiger partial charge in [0.1, 0.15) is 17.9 Å². The van der Waals surface area contributed by atoms with E-state index in [9.17, 15) is 4.79 Å². The predicted molar refractivity (Wildman–Crippen MR) is 106 cm³/mol. The van der Waals surface area contributed by atoms with Crippen molar-refractivity contribution in [2.75, 3.05) is 20.3 Å². The van der Waals surface area contributed by atoms with Crippen molar-refractivity contribution in [3.05, 3.63) is 63.6 Å². The molecule has 0 saturated carbocycles. The number of halogens is 2. The van der Waals surface area contributed by atoms with Crippen molar-refractivity contribution < 1.29 is 19.0 Å². The van der Waals surface area contributed by atoms with Gasteiger partial charge in [0.25, 0.3) is 0 Å². The van der Waals surface area contributed by atoms with Crippen molar-refractivity contribution in [2.45, 2.75) is 31.3 Å². The monoisotopic (exact) mass is 408 g/mol. The fourth-order valence-corrected chi connectivity index (χ4v) is 3.64. The van der Waals surface area contributed by atoms with Gasteiger partial charge in [-0.15, -0.1) is 0 Å². The van der Waals surface area contributed by atoms with Gasteiger partial charge in [0, 0.05) is 12.5 Å². The molecule has 1 fully saturated rings. The van der Waals surface area contributed by atoms with Crippen LogP contribution in [0.5, 0.6) is 5.75 Å². The third kappa shape index (κ3) is 4.95. The van der Waals surface area contributed by atoms with Crippen LogP contribution in [-0.4, -0.2) is 32.4 Å². The Morgan fingerprint density at radius 1 is 1.15 bits per heavy atom. The van der Waals surface area contributed by atoms with Gasteiger partial charge < -0.3 is 14.2 Å². The first-order valence-electron chi connectivity index (χ1n) is 8.97. The number of carbonyl (C=O) groups excluding carboxylic acids is 1. The molecular formula is C21H22Cl2O4. The SMILES string of the molecule is COC(=O)c1ccccc1OC[C@@H]1OCCCCC1c1ccc(Cl)c(Cl)c1. The summed E-state index contributed by atoms with van der Waals surface area (Å²) < 4.78 is 16.9. The third-order valence-electron chi connectivity index (χ3n) is 4.76. The number of benzene rings is 2. The average Bonchev–Trinajstić information content (AvgIpc) is 2.93. The normalized spacial score (nSPS) is 20.0. The Hall–Kier alpha value is -1.75. The zero-order chi connectivity index (χ0) is 19.2. The largest absolute Gasteiger partial charge is 0.490 e. The van der Waals surface area contributed by atoms with Crippen LogP contribution in [0.3, 0.4) is 0 Å². The predicted octanol–water partition coefficient (Wildman–Crippen LogP) is 5.51. The van der Waals surface area contributed by atoms with Crippen LogP contribution in [0.25, 0.3) is 0 Å². The van der Waals surface area contributed by atoms with Gasteiger partial charge in [0.15, 0.2) is 0 Å². The van der Waals surface area contributed by atoms with Crippen molar-refractivity contribution in [3.63, 3.8) is 0 Å². The van der Waals surface area contributed by atoms with Gasteiger partial charge >= 0.3 is 5.97 Å². The molecule has 0 aromatic heterocycles. The van der Waals surface area contributed by atoms with E-state index in [0.717, 1.165) is 24.8 Å². The van der Waals surface area contributed by atoms with Crippen LogP contribution in [0, 0.1) is 0 Å². The van der Waals surface area contributed by atoms with Crippen LogP contribution in [0.15, 0.2) is 42.5 Å². The first-order valence-corrected chi connectivity index (χ1v) is 9.72. The lowest BCUT2D eigenvalue weighted by Gasteiger charge is -2.26. The Bertz CT molecular complexity index is 794. The lowest BCUT2D eigenvalue weighted by molar-refractivity contribution is 0.0125. The second-order valence-corrected chi connectivity index (χ2v) is 7.30. The molecule has 6 heteroatoms. The summed E-state index contributed by atoms with van der Waals surface area (Å²) in [6.45, 7) is 1.02. The Morgan fingerprint density at radius 2 is 1.96 bits per heavy atom. The number of carbonyl (C=O) groups is 1. The highest BCUT2D eigenvalue weighted by molar-refractivity contribution is 6.42. The van der Waals surface area contributed by atoms with Crippen LogP contribution in [-0.2, 0) is 9.47 Å². The summed E-state index contributed by atoms with van der Waals surface area (Å²) in [6.07, 6.45) is 2.91. The number of ether oxygens (including phenoxy) is 3. The van der Waals surface area contributed by atoms with E-state index in [-0.39, 0.29) is 12.0 Å². The first kappa shape index (κ1) is 20.0. The molecule has 1 unspecified atom stereocenters. The Morgan fingerprint density at radius 3 is 2.74 bits per heavy atom. The third-order valence-corrected chi connectivity index (χ3v) is 5.50. The minimum atomic E-state index is -0.423. The summed E-state index contributed by atoms with van der Waals surface area (Å²) in [5, 5.41) is 1.07. The summed E-state index contributed by atoms with van der Waals surface area (Å²) in [5.41, 5.74) is 1.49. The van der Waals surface area contributed by atoms with E-state index in [1.165, 1.54) is 7.11 Å².